The summed E-state index contributed by atoms with van der Waals surface area (Å²) in [5, 5.41) is 18.2. The second-order valence-corrected chi connectivity index (χ2v) is 11.3. The number of anilines is 3. The van der Waals surface area contributed by atoms with Crippen molar-refractivity contribution in [3.05, 3.63) is 65.1 Å². The van der Waals surface area contributed by atoms with Gasteiger partial charge in [-0.2, -0.15) is 5.11 Å². The van der Waals surface area contributed by atoms with E-state index < -0.39 is 35.9 Å². The van der Waals surface area contributed by atoms with Crippen molar-refractivity contribution >= 4 is 46.6 Å². The van der Waals surface area contributed by atoms with Crippen LogP contribution in [0.4, 0.5) is 26.2 Å². The predicted molar refractivity (Wildman–Crippen MR) is 167 cm³/mol. The molecule has 0 spiro atoms. The Morgan fingerprint density at radius 1 is 1.11 bits per heavy atom. The Morgan fingerprint density at radius 3 is 2.67 bits per heavy atom. The number of nitrogens with zero attached hydrogens (tertiary/aromatic N) is 4. The van der Waals surface area contributed by atoms with E-state index in [1.165, 1.54) is 31.4 Å². The molecule has 3 aromatic rings. The lowest BCUT2D eigenvalue weighted by Gasteiger charge is -2.25. The van der Waals surface area contributed by atoms with Crippen LogP contribution in [0.1, 0.15) is 44.8 Å². The van der Waals surface area contributed by atoms with Crippen LogP contribution in [0.2, 0.25) is 5.02 Å². The van der Waals surface area contributed by atoms with Crippen molar-refractivity contribution in [1.29, 1.82) is 0 Å². The normalized spacial score (nSPS) is 21.1. The van der Waals surface area contributed by atoms with Gasteiger partial charge >= 0.3 is 6.09 Å². The number of amides is 3. The number of halogens is 2. The number of carbonyl (C=O) groups excluding carboxylic acids is 3. The molecule has 4 atom stereocenters. The van der Waals surface area contributed by atoms with Gasteiger partial charge in [-0.3, -0.25) is 14.9 Å². The molecule has 0 saturated carbocycles. The van der Waals surface area contributed by atoms with Crippen molar-refractivity contribution < 1.29 is 28.2 Å². The van der Waals surface area contributed by atoms with Gasteiger partial charge in [0.05, 0.1) is 48.4 Å². The summed E-state index contributed by atoms with van der Waals surface area (Å²) in [4.78, 5) is 43.4. The molecule has 3 N–H and O–H groups in total. The fraction of sp³-hybridized carbons (Fsp3) is 0.355. The molecular formula is C31H33ClFN7O5. The number of carbonyl (C=O) groups is 3. The van der Waals surface area contributed by atoms with Crippen molar-refractivity contribution in [1.82, 2.24) is 10.3 Å². The second-order valence-electron chi connectivity index (χ2n) is 10.9. The van der Waals surface area contributed by atoms with E-state index in [1.54, 1.807) is 37.3 Å². The van der Waals surface area contributed by atoms with E-state index in [4.69, 9.17) is 21.1 Å². The van der Waals surface area contributed by atoms with Crippen LogP contribution in [-0.2, 0) is 14.3 Å². The number of nitrogens with one attached hydrogen (secondary N) is 3. The molecule has 12 nitrogen and oxygen atoms in total. The van der Waals surface area contributed by atoms with Crippen molar-refractivity contribution in [2.45, 2.75) is 51.2 Å². The SMILES string of the molecule is COC(=O)Nc1ccc2c(c1)NC(=O)[C@@H](C)CCC[C@H](NC(=O)C1N=NN(c3cccc(Cl)c3F)C1C)c1cc-2cc(OC)n1. The summed E-state index contributed by atoms with van der Waals surface area (Å²) >= 11 is 5.97. The van der Waals surface area contributed by atoms with Gasteiger partial charge in [0.25, 0.3) is 0 Å². The maximum absolute atomic E-state index is 14.7. The highest BCUT2D eigenvalue weighted by Gasteiger charge is 2.38. The molecule has 0 fully saturated rings. The molecule has 5 rings (SSSR count). The maximum atomic E-state index is 14.7. The van der Waals surface area contributed by atoms with Gasteiger partial charge in [-0.25, -0.2) is 19.2 Å². The number of benzene rings is 2. The molecule has 0 radical (unpaired) electrons. The van der Waals surface area contributed by atoms with E-state index in [1.807, 2.05) is 13.0 Å². The summed E-state index contributed by atoms with van der Waals surface area (Å²) in [5.74, 6) is -1.30. The largest absolute Gasteiger partial charge is 0.481 e. The highest BCUT2D eigenvalue weighted by Crippen LogP contribution is 2.36. The molecule has 0 aliphatic carbocycles. The summed E-state index contributed by atoms with van der Waals surface area (Å²) in [7, 11) is 2.75. The fourth-order valence-corrected chi connectivity index (χ4v) is 5.48. The lowest BCUT2D eigenvalue weighted by atomic mass is 9.95. The molecule has 3 heterocycles. The molecule has 2 aliphatic rings. The molecule has 45 heavy (non-hydrogen) atoms. The van der Waals surface area contributed by atoms with Gasteiger partial charge in [-0.15, -0.1) is 0 Å². The van der Waals surface area contributed by atoms with Gasteiger partial charge in [-0.05, 0) is 55.7 Å². The molecule has 3 amide bonds. The zero-order valence-electron chi connectivity index (χ0n) is 25.1. The lowest BCUT2D eigenvalue weighted by Crippen LogP contribution is -2.44. The van der Waals surface area contributed by atoms with Crippen molar-refractivity contribution in [2.24, 2.45) is 16.3 Å². The Morgan fingerprint density at radius 2 is 1.91 bits per heavy atom. The van der Waals surface area contributed by atoms with E-state index in [2.05, 4.69) is 31.3 Å². The van der Waals surface area contributed by atoms with Crippen LogP contribution < -0.4 is 25.7 Å². The van der Waals surface area contributed by atoms with Gasteiger partial charge in [0.15, 0.2) is 11.9 Å². The van der Waals surface area contributed by atoms with Crippen LogP contribution in [0.25, 0.3) is 11.1 Å². The van der Waals surface area contributed by atoms with Gasteiger partial charge in [-0.1, -0.05) is 42.3 Å². The summed E-state index contributed by atoms with van der Waals surface area (Å²) < 4.78 is 25.0. The minimum Gasteiger partial charge on any atom is -0.481 e. The average Bonchev–Trinajstić information content (AvgIpc) is 3.41. The second kappa shape index (κ2) is 13.5. The Bertz CT molecular complexity index is 1650. The number of methoxy groups -OCH3 is 2. The van der Waals surface area contributed by atoms with Gasteiger partial charge < -0.3 is 20.1 Å². The number of fused-ring (bicyclic) bond motifs is 4. The number of hydrogen-bond donors (Lipinski definition) is 3. The van der Waals surface area contributed by atoms with Gasteiger partial charge in [0.2, 0.25) is 17.7 Å². The van der Waals surface area contributed by atoms with Gasteiger partial charge in [0, 0.05) is 23.2 Å². The number of pyridine rings is 1. The van der Waals surface area contributed by atoms with Gasteiger partial charge in [0.1, 0.15) is 0 Å². The number of rotatable bonds is 5. The lowest BCUT2D eigenvalue weighted by molar-refractivity contribution is -0.123. The Labute approximate surface area is 264 Å². The standard InChI is InChI=1S/C31H33ClFN7O5/c1-16-7-5-9-22(36-30(42)28-17(2)40(39-38-28)25-10-6-8-21(32)27(25)33)24-13-18(14-26(35-24)44-3)20-12-11-19(34-31(43)45-4)15-23(20)37-29(16)41/h6,8,10-17,22,28H,5,7,9H2,1-4H3,(H,34,43)(H,36,42)(H,37,41)/t16-,17?,22-,28?/m0/s1. The highest BCUT2D eigenvalue weighted by molar-refractivity contribution is 6.31. The minimum absolute atomic E-state index is 0.0589. The Kier molecular flexibility index (Phi) is 9.47. The zero-order valence-corrected chi connectivity index (χ0v) is 25.9. The third kappa shape index (κ3) is 6.83. The van der Waals surface area contributed by atoms with Crippen LogP contribution in [0, 0.1) is 11.7 Å². The molecule has 236 valence electrons. The van der Waals surface area contributed by atoms with E-state index >= 15 is 0 Å². The first-order valence-corrected chi connectivity index (χ1v) is 14.8. The first kappa shape index (κ1) is 31.6. The first-order valence-electron chi connectivity index (χ1n) is 14.4. The quantitative estimate of drug-likeness (QED) is 0.298. The average molecular weight is 638 g/mol. The van der Waals surface area contributed by atoms with Crippen LogP contribution in [0.15, 0.2) is 58.9 Å². The predicted octanol–water partition coefficient (Wildman–Crippen LogP) is 6.29. The topological polar surface area (TPSA) is 147 Å². The minimum atomic E-state index is -0.930. The smallest absolute Gasteiger partial charge is 0.411 e. The Balaban J connectivity index is 1.48. The van der Waals surface area contributed by atoms with Crippen molar-refractivity contribution in [3.63, 3.8) is 0 Å². The van der Waals surface area contributed by atoms with Crippen molar-refractivity contribution in [3.8, 4) is 17.0 Å². The molecule has 2 unspecified atom stereocenters. The third-order valence-corrected chi connectivity index (χ3v) is 8.16. The zero-order chi connectivity index (χ0) is 32.2. The number of aromatic nitrogens is 1. The monoisotopic (exact) mass is 637 g/mol. The molecule has 2 aliphatic heterocycles. The van der Waals surface area contributed by atoms with Crippen LogP contribution in [0.3, 0.4) is 0 Å². The van der Waals surface area contributed by atoms with Crippen LogP contribution >= 0.6 is 11.6 Å². The summed E-state index contributed by atoms with van der Waals surface area (Å²) in [6.07, 6.45) is 0.951. The fourth-order valence-electron chi connectivity index (χ4n) is 5.31. The molecule has 14 heteroatoms. The number of ether oxygens (including phenoxy) is 2. The Hall–Kier alpha value is -4.78. The molecule has 0 saturated heterocycles. The van der Waals surface area contributed by atoms with Crippen LogP contribution in [0.5, 0.6) is 5.88 Å². The highest BCUT2D eigenvalue weighted by atomic mass is 35.5. The summed E-state index contributed by atoms with van der Waals surface area (Å²) in [6, 6.07) is 11.1. The molecule has 2 aromatic carbocycles. The maximum Gasteiger partial charge on any atom is 0.411 e. The first-order chi connectivity index (χ1) is 21.6. The van der Waals surface area contributed by atoms with E-state index in [0.717, 1.165) is 0 Å². The molecule has 1 aromatic heterocycles. The summed E-state index contributed by atoms with van der Waals surface area (Å²) in [6.45, 7) is 3.56. The van der Waals surface area contributed by atoms with E-state index in [9.17, 15) is 18.8 Å². The van der Waals surface area contributed by atoms with Crippen LogP contribution in [-0.4, -0.2) is 49.2 Å². The molecular weight excluding hydrogens is 605 g/mol. The van der Waals surface area contributed by atoms with E-state index in [0.29, 0.717) is 53.3 Å². The number of hydrogen-bond acceptors (Lipinski definition) is 9. The van der Waals surface area contributed by atoms with E-state index in [-0.39, 0.29) is 22.5 Å². The van der Waals surface area contributed by atoms with Crippen molar-refractivity contribution in [2.75, 3.05) is 29.9 Å². The summed E-state index contributed by atoms with van der Waals surface area (Å²) in [5.41, 5.74) is 2.88. The third-order valence-electron chi connectivity index (χ3n) is 7.86. The molecule has 2 bridgehead atoms.